The van der Waals surface area contributed by atoms with Gasteiger partial charge < -0.3 is 19.9 Å². The zero-order chi connectivity index (χ0) is 26.0. The molecule has 0 spiro atoms. The predicted octanol–water partition coefficient (Wildman–Crippen LogP) is 5.22. The molecular weight excluding hydrogens is 539 g/mol. The fraction of sp³-hybridized carbons (Fsp3) is 0.318. The Labute approximate surface area is 215 Å². The van der Waals surface area contributed by atoms with Crippen molar-refractivity contribution >= 4 is 55.8 Å². The summed E-state index contributed by atoms with van der Waals surface area (Å²) in [6.45, 7) is -1.68. The maximum absolute atomic E-state index is 15.0. The van der Waals surface area contributed by atoms with E-state index in [-0.39, 0.29) is 28.3 Å². The quantitative estimate of drug-likeness (QED) is 0.370. The number of nitrogens with zero attached hydrogens (tertiary/aromatic N) is 3. The lowest BCUT2D eigenvalue weighted by Crippen LogP contribution is -2.31. The average Bonchev–Trinajstić information content (AvgIpc) is 3.48. The smallest absolute Gasteiger partial charge is 0.387 e. The number of aromatic nitrogens is 1. The highest BCUT2D eigenvalue weighted by Crippen LogP contribution is 2.38. The van der Waals surface area contributed by atoms with Crippen LogP contribution in [0.1, 0.15) is 6.42 Å². The number of ether oxygens (including phenoxy) is 1. The fourth-order valence-corrected chi connectivity index (χ4v) is 5.79. The van der Waals surface area contributed by atoms with Crippen molar-refractivity contribution in [3.63, 3.8) is 0 Å². The monoisotopic (exact) mass is 561 g/mol. The Bertz CT molecular complexity index is 1330. The zero-order valence-corrected chi connectivity index (χ0v) is 21.6. The molecule has 1 saturated heterocycles. The Morgan fingerprint density at radius 2 is 2.03 bits per heavy atom. The largest absolute Gasteiger partial charge is 0.435 e. The van der Waals surface area contributed by atoms with Crippen LogP contribution in [0.4, 0.5) is 36.1 Å². The van der Waals surface area contributed by atoms with Crippen molar-refractivity contribution in [3.8, 4) is 5.75 Å². The Hall–Kier alpha value is -2.74. The van der Waals surface area contributed by atoms with Gasteiger partial charge in [-0.25, -0.2) is 17.8 Å². The third-order valence-corrected chi connectivity index (χ3v) is 7.95. The van der Waals surface area contributed by atoms with Crippen LogP contribution < -0.4 is 19.7 Å². The van der Waals surface area contributed by atoms with Gasteiger partial charge in [-0.1, -0.05) is 11.6 Å². The number of likely N-dealkylation sites (N-methyl/N-ethyl adjacent to an activating group) is 1. The van der Waals surface area contributed by atoms with Crippen molar-refractivity contribution in [2.24, 2.45) is 0 Å². The molecule has 14 heteroatoms. The van der Waals surface area contributed by atoms with E-state index in [0.717, 1.165) is 18.6 Å². The van der Waals surface area contributed by atoms with E-state index in [9.17, 15) is 21.6 Å². The average molecular weight is 562 g/mol. The van der Waals surface area contributed by atoms with E-state index in [1.54, 1.807) is 0 Å². The van der Waals surface area contributed by atoms with Gasteiger partial charge in [-0.15, -0.1) is 11.3 Å². The Kier molecular flexibility index (Phi) is 7.83. The fourth-order valence-electron chi connectivity index (χ4n) is 3.87. The highest BCUT2D eigenvalue weighted by atomic mass is 35.5. The maximum atomic E-state index is 15.0. The molecule has 2 heterocycles. The van der Waals surface area contributed by atoms with Crippen LogP contribution in [0.25, 0.3) is 0 Å². The van der Waals surface area contributed by atoms with Crippen LogP contribution >= 0.6 is 22.9 Å². The molecule has 0 radical (unpaired) electrons. The highest BCUT2D eigenvalue weighted by molar-refractivity contribution is 7.92. The minimum Gasteiger partial charge on any atom is -0.435 e. The molecule has 8 nitrogen and oxygen atoms in total. The summed E-state index contributed by atoms with van der Waals surface area (Å²) in [5.74, 6) is -0.988. The molecule has 0 saturated carbocycles. The number of nitrogens with one attached hydrogen (secondary N) is 2. The van der Waals surface area contributed by atoms with Gasteiger partial charge in [-0.3, -0.25) is 4.72 Å². The van der Waals surface area contributed by atoms with Crippen LogP contribution in [0.3, 0.4) is 0 Å². The number of hydrogen-bond donors (Lipinski definition) is 2. The summed E-state index contributed by atoms with van der Waals surface area (Å²) in [7, 11) is -0.345. The molecule has 194 valence electrons. The van der Waals surface area contributed by atoms with E-state index in [1.807, 2.05) is 19.0 Å². The van der Waals surface area contributed by atoms with Gasteiger partial charge in [0.15, 0.2) is 5.82 Å². The van der Waals surface area contributed by atoms with E-state index < -0.39 is 27.3 Å². The topological polar surface area (TPSA) is 86.8 Å². The van der Waals surface area contributed by atoms with Crippen molar-refractivity contribution in [1.82, 2.24) is 9.88 Å². The first-order valence-corrected chi connectivity index (χ1v) is 13.5. The zero-order valence-electron chi connectivity index (χ0n) is 19.2. The van der Waals surface area contributed by atoms with Gasteiger partial charge in [0.1, 0.15) is 16.5 Å². The summed E-state index contributed by atoms with van der Waals surface area (Å²) in [5, 5.41) is 4.42. The van der Waals surface area contributed by atoms with Crippen LogP contribution in [0.5, 0.6) is 5.75 Å². The van der Waals surface area contributed by atoms with Crippen molar-refractivity contribution in [2.45, 2.75) is 24.0 Å². The highest BCUT2D eigenvalue weighted by Gasteiger charge is 2.27. The third-order valence-electron chi connectivity index (χ3n) is 5.68. The number of hydrogen-bond acceptors (Lipinski definition) is 8. The van der Waals surface area contributed by atoms with E-state index in [1.165, 1.54) is 40.4 Å². The number of halogens is 4. The second-order valence-corrected chi connectivity index (χ2v) is 11.1. The molecule has 1 atom stereocenters. The van der Waals surface area contributed by atoms with Crippen molar-refractivity contribution in [3.05, 3.63) is 52.1 Å². The van der Waals surface area contributed by atoms with Gasteiger partial charge in [-0.2, -0.15) is 8.78 Å². The number of alkyl halides is 2. The number of benzene rings is 2. The van der Waals surface area contributed by atoms with Crippen molar-refractivity contribution in [1.29, 1.82) is 0 Å². The molecule has 1 fully saturated rings. The van der Waals surface area contributed by atoms with Gasteiger partial charge >= 0.3 is 6.61 Å². The number of rotatable bonds is 9. The lowest BCUT2D eigenvalue weighted by Gasteiger charge is -2.25. The van der Waals surface area contributed by atoms with Gasteiger partial charge in [0, 0.05) is 36.6 Å². The molecule has 1 aliphatic rings. The summed E-state index contributed by atoms with van der Waals surface area (Å²) < 4.78 is 72.6. The van der Waals surface area contributed by atoms with Crippen LogP contribution in [0, 0.1) is 5.82 Å². The normalized spacial score (nSPS) is 16.1. The Morgan fingerprint density at radius 1 is 1.25 bits per heavy atom. The summed E-state index contributed by atoms with van der Waals surface area (Å²) in [4.78, 5) is 7.29. The van der Waals surface area contributed by atoms with Crippen LogP contribution in [0.15, 0.2) is 46.1 Å². The van der Waals surface area contributed by atoms with E-state index in [0.29, 0.717) is 24.5 Å². The molecular formula is C22H23ClF3N5O3S2. The number of thiazole rings is 1. The van der Waals surface area contributed by atoms with Gasteiger partial charge in [0.25, 0.3) is 10.0 Å². The number of sulfonamides is 1. The van der Waals surface area contributed by atoms with Crippen molar-refractivity contribution < 1.29 is 26.3 Å². The lowest BCUT2D eigenvalue weighted by atomic mass is 10.2. The summed E-state index contributed by atoms with van der Waals surface area (Å²) in [6, 6.07) is 6.59. The molecule has 0 bridgehead atoms. The molecule has 2 aromatic carbocycles. The standard InChI is InChI=1S/C22H23ClF3N5O3S2/c1-30(2)13-5-6-31(10-13)19-7-14(34-22(25)26)3-4-17(19)28-18-9-16(24)20(8-15(18)23)36(32,33)29-21-11-35-12-27-21/h3-4,7-9,11-13,22,28-29H,5-6,10H2,1-2H3/t13-/m1/s1. The minimum absolute atomic E-state index is 0.0225. The van der Waals surface area contributed by atoms with Crippen LogP contribution in [-0.4, -0.2) is 58.1 Å². The first-order valence-electron chi connectivity index (χ1n) is 10.7. The molecule has 1 aliphatic heterocycles. The van der Waals surface area contributed by atoms with Gasteiger partial charge in [0.05, 0.1) is 27.6 Å². The molecule has 1 aromatic heterocycles. The molecule has 0 amide bonds. The Morgan fingerprint density at radius 3 is 2.67 bits per heavy atom. The second-order valence-electron chi connectivity index (χ2n) is 8.28. The molecule has 3 aromatic rings. The molecule has 0 aliphatic carbocycles. The van der Waals surface area contributed by atoms with E-state index in [2.05, 4.69) is 24.7 Å². The van der Waals surface area contributed by atoms with Crippen molar-refractivity contribution in [2.75, 3.05) is 42.1 Å². The van der Waals surface area contributed by atoms with E-state index in [4.69, 9.17) is 11.6 Å². The summed E-state index contributed by atoms with van der Waals surface area (Å²) in [6.07, 6.45) is 0.861. The predicted molar refractivity (Wildman–Crippen MR) is 135 cm³/mol. The van der Waals surface area contributed by atoms with E-state index >= 15 is 0 Å². The molecule has 0 unspecified atom stereocenters. The third kappa shape index (κ3) is 5.97. The second kappa shape index (κ2) is 10.7. The maximum Gasteiger partial charge on any atom is 0.387 e. The summed E-state index contributed by atoms with van der Waals surface area (Å²) in [5.41, 5.74) is 2.57. The minimum atomic E-state index is -4.27. The SMILES string of the molecule is CN(C)[C@@H]1CCN(c2cc(OC(F)F)ccc2Nc2cc(F)c(S(=O)(=O)Nc3cscn3)cc2Cl)C1. The van der Waals surface area contributed by atoms with Gasteiger partial charge in [0.2, 0.25) is 0 Å². The van der Waals surface area contributed by atoms with Crippen LogP contribution in [-0.2, 0) is 10.0 Å². The molecule has 2 N–H and O–H groups in total. The lowest BCUT2D eigenvalue weighted by molar-refractivity contribution is -0.0498. The number of anilines is 4. The Balaban J connectivity index is 1.65. The molecule has 4 rings (SSSR count). The van der Waals surface area contributed by atoms with Crippen LogP contribution in [0.2, 0.25) is 5.02 Å². The van der Waals surface area contributed by atoms with Gasteiger partial charge in [-0.05, 0) is 38.7 Å². The first-order chi connectivity index (χ1) is 17.0. The summed E-state index contributed by atoms with van der Waals surface area (Å²) >= 11 is 7.52. The first kappa shape index (κ1) is 26.3. The molecule has 36 heavy (non-hydrogen) atoms.